The van der Waals surface area contributed by atoms with Crippen LogP contribution in [0.2, 0.25) is 0 Å². The van der Waals surface area contributed by atoms with E-state index in [9.17, 15) is 5.11 Å². The van der Waals surface area contributed by atoms with Crippen LogP contribution in [0.4, 0.5) is 0 Å². The van der Waals surface area contributed by atoms with Crippen LogP contribution >= 0.6 is 0 Å². The van der Waals surface area contributed by atoms with Gasteiger partial charge in [-0.25, -0.2) is 0 Å². The zero-order valence-corrected chi connectivity index (χ0v) is 15.3. The largest absolute Gasteiger partial charge is 0.393 e. The lowest BCUT2D eigenvalue weighted by Crippen LogP contribution is -2.48. The second-order valence-electron chi connectivity index (χ2n) is 7.98. The summed E-state index contributed by atoms with van der Waals surface area (Å²) in [5, 5.41) is 10.7. The van der Waals surface area contributed by atoms with Crippen LogP contribution in [0, 0.1) is 11.8 Å². The number of hydrogen-bond acceptors (Lipinski definition) is 2. The second-order valence-corrected chi connectivity index (χ2v) is 7.98. The first-order valence-corrected chi connectivity index (χ1v) is 9.60. The summed E-state index contributed by atoms with van der Waals surface area (Å²) in [6.07, 6.45) is 5.34. The van der Waals surface area contributed by atoms with E-state index in [1.807, 2.05) is 0 Å². The number of piperidine rings is 1. The van der Waals surface area contributed by atoms with E-state index < -0.39 is 0 Å². The molecule has 1 N–H and O–H groups in total. The quantitative estimate of drug-likeness (QED) is 0.903. The molecule has 0 amide bonds. The summed E-state index contributed by atoms with van der Waals surface area (Å²) < 4.78 is 0. The van der Waals surface area contributed by atoms with E-state index in [4.69, 9.17) is 0 Å². The maximum atomic E-state index is 10.7. The average molecular weight is 316 g/mol. The van der Waals surface area contributed by atoms with Gasteiger partial charge in [-0.05, 0) is 66.2 Å². The minimum atomic E-state index is -0.138. The highest BCUT2D eigenvalue weighted by molar-refractivity contribution is 5.42. The summed E-state index contributed by atoms with van der Waals surface area (Å²) in [7, 11) is 0. The maximum Gasteiger partial charge on any atom is 0.0598 e. The van der Waals surface area contributed by atoms with Crippen LogP contribution in [0.5, 0.6) is 0 Å². The highest BCUT2D eigenvalue weighted by Gasteiger charge is 2.38. The van der Waals surface area contributed by atoms with E-state index in [0.717, 1.165) is 38.8 Å². The average Bonchev–Trinajstić information content (AvgIpc) is 2.53. The number of rotatable bonds is 4. The van der Waals surface area contributed by atoms with Crippen molar-refractivity contribution in [3.05, 3.63) is 34.4 Å². The third-order valence-corrected chi connectivity index (χ3v) is 5.94. The molecule has 2 aliphatic rings. The maximum absolute atomic E-state index is 10.7. The van der Waals surface area contributed by atoms with E-state index in [1.165, 1.54) is 28.7 Å². The van der Waals surface area contributed by atoms with Gasteiger partial charge in [0.1, 0.15) is 0 Å². The number of benzene rings is 1. The molecule has 128 valence electrons. The van der Waals surface area contributed by atoms with Crippen molar-refractivity contribution in [3.63, 3.8) is 0 Å². The molecule has 0 unspecified atom stereocenters. The summed E-state index contributed by atoms with van der Waals surface area (Å²) in [6, 6.07) is 5.35. The van der Waals surface area contributed by atoms with Crippen LogP contribution < -0.4 is 0 Å². The Bertz CT molecular complexity index is 551. The van der Waals surface area contributed by atoms with Crippen molar-refractivity contribution in [2.75, 3.05) is 13.1 Å². The second kappa shape index (κ2) is 6.94. The van der Waals surface area contributed by atoms with Gasteiger partial charge in [-0.1, -0.05) is 39.8 Å². The van der Waals surface area contributed by atoms with Crippen molar-refractivity contribution < 1.29 is 5.11 Å². The third kappa shape index (κ3) is 3.34. The van der Waals surface area contributed by atoms with Gasteiger partial charge in [0.25, 0.3) is 0 Å². The number of nitrogens with zero attached hydrogens (tertiary/aromatic N) is 1. The van der Waals surface area contributed by atoms with Gasteiger partial charge < -0.3 is 5.11 Å². The molecule has 2 nitrogen and oxygen atoms in total. The first kappa shape index (κ1) is 17.0. The zero-order chi connectivity index (χ0) is 16.6. The molecule has 2 aliphatic heterocycles. The van der Waals surface area contributed by atoms with Crippen LogP contribution in [0.25, 0.3) is 0 Å². The number of hydrogen-bond donors (Lipinski definition) is 1. The number of aliphatic hydroxyl groups is 1. The molecular formula is C21H33NO. The van der Waals surface area contributed by atoms with Gasteiger partial charge in [0, 0.05) is 19.1 Å². The Morgan fingerprint density at radius 1 is 1.17 bits per heavy atom. The molecule has 0 bridgehead atoms. The molecule has 0 spiro atoms. The van der Waals surface area contributed by atoms with Gasteiger partial charge in [-0.15, -0.1) is 0 Å². The molecule has 1 aromatic carbocycles. The molecule has 1 saturated heterocycles. The summed E-state index contributed by atoms with van der Waals surface area (Å²) >= 11 is 0. The lowest BCUT2D eigenvalue weighted by Gasteiger charge is -2.46. The summed E-state index contributed by atoms with van der Waals surface area (Å²) in [5.41, 5.74) is 6.07. The fourth-order valence-electron chi connectivity index (χ4n) is 4.74. The Balaban J connectivity index is 1.87. The first-order chi connectivity index (χ1) is 11.0. The SMILES string of the molecule is CCc1cc2c(cc1CC)[C@H]1C[C@@H](O)[C@H](CC(C)C)CN1CC2. The van der Waals surface area contributed by atoms with Crippen molar-refractivity contribution in [1.82, 2.24) is 4.90 Å². The fraction of sp³-hybridized carbons (Fsp3) is 0.714. The minimum Gasteiger partial charge on any atom is -0.393 e. The highest BCUT2D eigenvalue weighted by atomic mass is 16.3. The minimum absolute atomic E-state index is 0.138. The van der Waals surface area contributed by atoms with Crippen molar-refractivity contribution in [2.24, 2.45) is 11.8 Å². The molecule has 2 heteroatoms. The molecular weight excluding hydrogens is 282 g/mol. The standard InChI is InChI=1S/C21H33NO/c1-5-15-10-17-7-8-22-13-18(9-14(3)4)21(23)12-20(22)19(17)11-16(15)6-2/h10-11,14,18,20-21,23H,5-9,12-13H2,1-4H3/t18-,20-,21-/m1/s1. The predicted molar refractivity (Wildman–Crippen MR) is 96.8 cm³/mol. The molecule has 3 atom stereocenters. The van der Waals surface area contributed by atoms with Crippen LogP contribution in [-0.4, -0.2) is 29.2 Å². The summed E-state index contributed by atoms with van der Waals surface area (Å²) in [4.78, 5) is 2.65. The zero-order valence-electron chi connectivity index (χ0n) is 15.3. The Labute approximate surface area is 141 Å². The number of aliphatic hydroxyl groups excluding tert-OH is 1. The van der Waals surface area contributed by atoms with E-state index in [2.05, 4.69) is 44.7 Å². The van der Waals surface area contributed by atoms with Gasteiger partial charge >= 0.3 is 0 Å². The van der Waals surface area contributed by atoms with Gasteiger partial charge in [0.2, 0.25) is 0 Å². The first-order valence-electron chi connectivity index (χ1n) is 9.60. The Morgan fingerprint density at radius 2 is 1.87 bits per heavy atom. The Kier molecular flexibility index (Phi) is 5.13. The van der Waals surface area contributed by atoms with E-state index in [-0.39, 0.29) is 6.10 Å². The fourth-order valence-corrected chi connectivity index (χ4v) is 4.74. The van der Waals surface area contributed by atoms with Gasteiger partial charge in [0.05, 0.1) is 6.10 Å². The monoisotopic (exact) mass is 315 g/mol. The number of aryl methyl sites for hydroxylation is 2. The molecule has 1 fully saturated rings. The molecule has 0 saturated carbocycles. The molecule has 0 radical (unpaired) electrons. The van der Waals surface area contributed by atoms with Gasteiger partial charge in [0.15, 0.2) is 0 Å². The molecule has 23 heavy (non-hydrogen) atoms. The Morgan fingerprint density at radius 3 is 2.52 bits per heavy atom. The highest BCUT2D eigenvalue weighted by Crippen LogP contribution is 2.41. The van der Waals surface area contributed by atoms with Gasteiger partial charge in [-0.3, -0.25) is 4.90 Å². The van der Waals surface area contributed by atoms with E-state index >= 15 is 0 Å². The third-order valence-electron chi connectivity index (χ3n) is 5.94. The van der Waals surface area contributed by atoms with Gasteiger partial charge in [-0.2, -0.15) is 0 Å². The number of fused-ring (bicyclic) bond motifs is 3. The lowest BCUT2D eigenvalue weighted by atomic mass is 9.78. The van der Waals surface area contributed by atoms with E-state index in [0.29, 0.717) is 17.9 Å². The topological polar surface area (TPSA) is 23.5 Å². The summed E-state index contributed by atoms with van der Waals surface area (Å²) in [5.74, 6) is 1.12. The van der Waals surface area contributed by atoms with Crippen LogP contribution in [0.1, 0.15) is 68.8 Å². The van der Waals surface area contributed by atoms with Crippen molar-refractivity contribution in [2.45, 2.75) is 71.9 Å². The smallest absolute Gasteiger partial charge is 0.0598 e. The van der Waals surface area contributed by atoms with Crippen LogP contribution in [0.15, 0.2) is 12.1 Å². The Hall–Kier alpha value is -0.860. The van der Waals surface area contributed by atoms with Crippen LogP contribution in [-0.2, 0) is 19.3 Å². The molecule has 2 heterocycles. The molecule has 1 aromatic rings. The van der Waals surface area contributed by atoms with Crippen LogP contribution in [0.3, 0.4) is 0 Å². The van der Waals surface area contributed by atoms with Crippen molar-refractivity contribution >= 4 is 0 Å². The van der Waals surface area contributed by atoms with Crippen molar-refractivity contribution in [3.8, 4) is 0 Å². The molecule has 0 aromatic heterocycles. The van der Waals surface area contributed by atoms with Crippen molar-refractivity contribution in [1.29, 1.82) is 0 Å². The van der Waals surface area contributed by atoms with E-state index in [1.54, 1.807) is 0 Å². The lowest BCUT2D eigenvalue weighted by molar-refractivity contribution is -0.0191. The normalized spacial score (nSPS) is 27.8. The predicted octanol–water partition coefficient (Wildman–Crippen LogP) is 4.14. The molecule has 0 aliphatic carbocycles. The molecule has 3 rings (SSSR count). The summed E-state index contributed by atoms with van der Waals surface area (Å²) in [6.45, 7) is 11.3.